The number of thioether (sulfide) groups is 1. The second kappa shape index (κ2) is 5.37. The van der Waals surface area contributed by atoms with Crippen molar-refractivity contribution in [2.24, 2.45) is 0 Å². The Morgan fingerprint density at radius 2 is 2.21 bits per heavy atom. The van der Waals surface area contributed by atoms with Gasteiger partial charge in [-0.2, -0.15) is 0 Å². The van der Waals surface area contributed by atoms with Crippen LogP contribution in [0.1, 0.15) is 17.9 Å². The molecule has 1 aromatic carbocycles. The van der Waals surface area contributed by atoms with E-state index in [1.807, 2.05) is 24.5 Å². The lowest BCUT2D eigenvalue weighted by molar-refractivity contribution is -0.116. The summed E-state index contributed by atoms with van der Waals surface area (Å²) in [4.78, 5) is 12.2. The van der Waals surface area contributed by atoms with Gasteiger partial charge in [-0.05, 0) is 59.5 Å². The number of rotatable bonds is 3. The first kappa shape index (κ1) is 12.3. The molecule has 14 heavy (non-hydrogen) atoms. The van der Waals surface area contributed by atoms with E-state index in [0.717, 1.165) is 14.0 Å². The maximum Gasteiger partial charge on any atom is 0.152 e. The second-order valence-corrected chi connectivity index (χ2v) is 5.39. The van der Waals surface area contributed by atoms with E-state index in [9.17, 15) is 4.79 Å². The Morgan fingerprint density at radius 1 is 1.57 bits per heavy atom. The minimum absolute atomic E-state index is 0.0102. The van der Waals surface area contributed by atoms with E-state index in [1.54, 1.807) is 11.8 Å². The van der Waals surface area contributed by atoms with Gasteiger partial charge >= 0.3 is 0 Å². The average molecular weight is 341 g/mol. The molecule has 1 atom stereocenters. The first-order valence-electron chi connectivity index (χ1n) is 4.04. The Labute approximate surface area is 107 Å². The van der Waals surface area contributed by atoms with Crippen LogP contribution in [0.5, 0.6) is 0 Å². The normalized spacial score (nSPS) is 12.6. The van der Waals surface area contributed by atoms with Gasteiger partial charge in [0.15, 0.2) is 5.78 Å². The standard InChI is InChI=1S/C10H10ClIOS/c1-6(13)10(11)8-5-7(12)3-4-9(8)14-2/h3-5,10H,1-2H3. The van der Waals surface area contributed by atoms with E-state index in [1.165, 1.54) is 6.92 Å². The molecule has 1 aromatic rings. The highest BCUT2D eigenvalue weighted by molar-refractivity contribution is 14.1. The first-order chi connectivity index (χ1) is 6.56. The number of carbonyl (C=O) groups is 1. The fourth-order valence-electron chi connectivity index (χ4n) is 1.12. The van der Waals surface area contributed by atoms with Gasteiger partial charge in [0, 0.05) is 8.47 Å². The van der Waals surface area contributed by atoms with E-state index < -0.39 is 5.38 Å². The molecule has 4 heteroatoms. The van der Waals surface area contributed by atoms with Crippen LogP contribution in [0.15, 0.2) is 23.1 Å². The third-order valence-corrected chi connectivity index (χ3v) is 3.85. The Hall–Kier alpha value is 0.260. The monoisotopic (exact) mass is 340 g/mol. The number of carbonyl (C=O) groups excluding carboxylic acids is 1. The van der Waals surface area contributed by atoms with E-state index in [4.69, 9.17) is 11.6 Å². The van der Waals surface area contributed by atoms with Crippen molar-refractivity contribution in [1.29, 1.82) is 0 Å². The molecule has 0 saturated carbocycles. The molecule has 0 aliphatic heterocycles. The Balaban J connectivity index is 3.16. The van der Waals surface area contributed by atoms with Crippen molar-refractivity contribution >= 4 is 51.7 Å². The van der Waals surface area contributed by atoms with Crippen LogP contribution in [0.4, 0.5) is 0 Å². The van der Waals surface area contributed by atoms with Crippen LogP contribution in [-0.4, -0.2) is 12.0 Å². The summed E-state index contributed by atoms with van der Waals surface area (Å²) < 4.78 is 1.10. The molecular formula is C10H10ClIOS. The molecule has 0 saturated heterocycles. The van der Waals surface area contributed by atoms with Crippen LogP contribution < -0.4 is 0 Å². The smallest absolute Gasteiger partial charge is 0.152 e. The zero-order valence-corrected chi connectivity index (χ0v) is 11.6. The van der Waals surface area contributed by atoms with Crippen molar-refractivity contribution in [2.75, 3.05) is 6.26 Å². The predicted molar refractivity (Wildman–Crippen MR) is 70.2 cm³/mol. The second-order valence-electron chi connectivity index (χ2n) is 2.86. The van der Waals surface area contributed by atoms with Crippen LogP contribution in [0.3, 0.4) is 0 Å². The third kappa shape index (κ3) is 2.87. The highest BCUT2D eigenvalue weighted by Gasteiger charge is 2.16. The lowest BCUT2D eigenvalue weighted by atomic mass is 10.1. The Bertz CT molecular complexity index is 354. The zero-order valence-electron chi connectivity index (χ0n) is 7.88. The van der Waals surface area contributed by atoms with Crippen molar-refractivity contribution in [3.05, 3.63) is 27.3 Å². The van der Waals surface area contributed by atoms with E-state index in [2.05, 4.69) is 22.6 Å². The summed E-state index contributed by atoms with van der Waals surface area (Å²) in [6.07, 6.45) is 1.98. The number of alkyl halides is 1. The molecule has 0 aromatic heterocycles. The van der Waals surface area contributed by atoms with Crippen LogP contribution in [0.2, 0.25) is 0 Å². The SMILES string of the molecule is CSc1ccc(I)cc1C(Cl)C(C)=O. The fraction of sp³-hybridized carbons (Fsp3) is 0.300. The van der Waals surface area contributed by atoms with Gasteiger partial charge in [0.1, 0.15) is 5.38 Å². The van der Waals surface area contributed by atoms with Crippen LogP contribution >= 0.6 is 46.0 Å². The van der Waals surface area contributed by atoms with E-state index in [-0.39, 0.29) is 5.78 Å². The summed E-state index contributed by atoms with van der Waals surface area (Å²) in [6, 6.07) is 5.98. The topological polar surface area (TPSA) is 17.1 Å². The van der Waals surface area contributed by atoms with E-state index in [0.29, 0.717) is 0 Å². The number of hydrogen-bond donors (Lipinski definition) is 0. The van der Waals surface area contributed by atoms with Crippen LogP contribution in [0, 0.1) is 3.57 Å². The predicted octanol–water partition coefficient (Wildman–Crippen LogP) is 3.88. The third-order valence-electron chi connectivity index (χ3n) is 1.82. The van der Waals surface area contributed by atoms with Gasteiger partial charge in [-0.25, -0.2) is 0 Å². The minimum Gasteiger partial charge on any atom is -0.298 e. The van der Waals surface area contributed by atoms with Gasteiger partial charge in [-0.1, -0.05) is 0 Å². The highest BCUT2D eigenvalue weighted by atomic mass is 127. The van der Waals surface area contributed by atoms with Crippen LogP contribution in [0.25, 0.3) is 0 Å². The summed E-state index contributed by atoms with van der Waals surface area (Å²) >= 11 is 9.86. The molecule has 0 bridgehead atoms. The molecule has 0 aliphatic rings. The molecule has 0 fully saturated rings. The van der Waals surface area contributed by atoms with Crippen molar-refractivity contribution in [2.45, 2.75) is 17.2 Å². The molecule has 1 unspecified atom stereocenters. The summed E-state index contributed by atoms with van der Waals surface area (Å²) in [5, 5.41) is -0.521. The molecule has 0 heterocycles. The summed E-state index contributed by atoms with van der Waals surface area (Å²) in [7, 11) is 0. The van der Waals surface area contributed by atoms with Crippen molar-refractivity contribution < 1.29 is 4.79 Å². The number of hydrogen-bond acceptors (Lipinski definition) is 2. The number of ketones is 1. The van der Waals surface area contributed by atoms with Crippen molar-refractivity contribution in [3.8, 4) is 0 Å². The van der Waals surface area contributed by atoms with Gasteiger partial charge in [0.2, 0.25) is 0 Å². The zero-order chi connectivity index (χ0) is 10.7. The van der Waals surface area contributed by atoms with Gasteiger partial charge < -0.3 is 0 Å². The molecule has 1 nitrogen and oxygen atoms in total. The molecule has 0 radical (unpaired) electrons. The molecule has 1 rings (SSSR count). The van der Waals surface area contributed by atoms with Gasteiger partial charge in [0.25, 0.3) is 0 Å². The molecule has 0 N–H and O–H groups in total. The average Bonchev–Trinajstić information content (AvgIpc) is 2.16. The largest absolute Gasteiger partial charge is 0.298 e. The van der Waals surface area contributed by atoms with Crippen molar-refractivity contribution in [1.82, 2.24) is 0 Å². The van der Waals surface area contributed by atoms with Gasteiger partial charge in [-0.15, -0.1) is 23.4 Å². The molecule has 76 valence electrons. The first-order valence-corrected chi connectivity index (χ1v) is 6.78. The lowest BCUT2D eigenvalue weighted by Crippen LogP contribution is -2.03. The maximum atomic E-state index is 11.2. The number of benzene rings is 1. The van der Waals surface area contributed by atoms with E-state index >= 15 is 0 Å². The molecule has 0 aliphatic carbocycles. The lowest BCUT2D eigenvalue weighted by Gasteiger charge is -2.11. The minimum atomic E-state index is -0.521. The number of Topliss-reactive ketones (excluding diaryl/α,β-unsaturated/α-hetero) is 1. The number of halogens is 2. The van der Waals surface area contributed by atoms with Gasteiger partial charge in [-0.3, -0.25) is 4.79 Å². The quantitative estimate of drug-likeness (QED) is 0.472. The molecular weight excluding hydrogens is 331 g/mol. The van der Waals surface area contributed by atoms with Crippen molar-refractivity contribution in [3.63, 3.8) is 0 Å². The Kier molecular flexibility index (Phi) is 4.73. The maximum absolute atomic E-state index is 11.2. The summed E-state index contributed by atoms with van der Waals surface area (Å²) in [5.41, 5.74) is 0.915. The molecule has 0 amide bonds. The summed E-state index contributed by atoms with van der Waals surface area (Å²) in [5.74, 6) is -0.0102. The molecule has 0 spiro atoms. The van der Waals surface area contributed by atoms with Crippen LogP contribution in [-0.2, 0) is 4.79 Å². The van der Waals surface area contributed by atoms with Gasteiger partial charge in [0.05, 0.1) is 0 Å². The summed E-state index contributed by atoms with van der Waals surface area (Å²) in [6.45, 7) is 1.52. The highest BCUT2D eigenvalue weighted by Crippen LogP contribution is 2.31. The Morgan fingerprint density at radius 3 is 2.71 bits per heavy atom. The fourth-order valence-corrected chi connectivity index (χ4v) is 2.50.